The Bertz CT molecular complexity index is 319. The van der Waals surface area contributed by atoms with Gasteiger partial charge in [0.1, 0.15) is 5.82 Å². The average Bonchev–Trinajstić information content (AvgIpc) is 2.07. The zero-order valence-electron chi connectivity index (χ0n) is 7.10. The molecule has 0 aromatic heterocycles. The predicted molar refractivity (Wildman–Crippen MR) is 55.8 cm³/mol. The molecule has 13 heavy (non-hydrogen) atoms. The second-order valence-corrected chi connectivity index (χ2v) is 3.81. The Kier molecular flexibility index (Phi) is 3.76. The highest BCUT2D eigenvalue weighted by atomic mass is 35.5. The van der Waals surface area contributed by atoms with Gasteiger partial charge in [0.2, 0.25) is 0 Å². The number of halogens is 3. The molecule has 0 aliphatic carbocycles. The molecule has 0 heterocycles. The molecule has 1 atom stereocenters. The Morgan fingerprint density at radius 2 is 2.15 bits per heavy atom. The van der Waals surface area contributed by atoms with Crippen LogP contribution in [-0.2, 0) is 0 Å². The number of benzene rings is 1. The van der Waals surface area contributed by atoms with E-state index in [9.17, 15) is 4.39 Å². The van der Waals surface area contributed by atoms with Gasteiger partial charge in [-0.2, -0.15) is 0 Å². The number of alkyl halides is 1. The van der Waals surface area contributed by atoms with Crippen molar-refractivity contribution < 1.29 is 4.39 Å². The fourth-order valence-corrected chi connectivity index (χ4v) is 1.05. The van der Waals surface area contributed by atoms with Crippen LogP contribution in [0.3, 0.4) is 0 Å². The van der Waals surface area contributed by atoms with Crippen LogP contribution >= 0.6 is 23.2 Å². The quantitative estimate of drug-likeness (QED) is 0.656. The van der Waals surface area contributed by atoms with Crippen molar-refractivity contribution in [2.75, 3.05) is 0 Å². The minimum atomic E-state index is -0.411. The molecular formula is C10H9Cl2F. The van der Waals surface area contributed by atoms with E-state index in [2.05, 4.69) is 0 Å². The Balaban J connectivity index is 2.85. The lowest BCUT2D eigenvalue weighted by Gasteiger charge is -1.96. The zero-order valence-corrected chi connectivity index (χ0v) is 8.61. The lowest BCUT2D eigenvalue weighted by Crippen LogP contribution is -1.82. The van der Waals surface area contributed by atoms with Crippen LogP contribution in [0.15, 0.2) is 24.3 Å². The van der Waals surface area contributed by atoms with Crippen molar-refractivity contribution in [3.05, 3.63) is 40.7 Å². The highest BCUT2D eigenvalue weighted by Gasteiger charge is 1.98. The lowest BCUT2D eigenvalue weighted by atomic mass is 10.2. The summed E-state index contributed by atoms with van der Waals surface area (Å²) in [4.78, 5) is 0. The second-order valence-electron chi connectivity index (χ2n) is 2.71. The van der Waals surface area contributed by atoms with Crippen LogP contribution in [0.1, 0.15) is 12.5 Å². The summed E-state index contributed by atoms with van der Waals surface area (Å²) < 4.78 is 12.9. The van der Waals surface area contributed by atoms with Crippen LogP contribution in [0.25, 0.3) is 6.08 Å². The maximum atomic E-state index is 12.9. The molecule has 0 aliphatic heterocycles. The van der Waals surface area contributed by atoms with E-state index < -0.39 is 5.82 Å². The van der Waals surface area contributed by atoms with Gasteiger partial charge < -0.3 is 0 Å². The van der Waals surface area contributed by atoms with E-state index in [-0.39, 0.29) is 10.4 Å². The summed E-state index contributed by atoms with van der Waals surface area (Å²) in [5, 5.41) is 0.0785. The molecule has 1 aromatic carbocycles. The molecule has 0 spiro atoms. The van der Waals surface area contributed by atoms with Gasteiger partial charge in [-0.1, -0.05) is 29.8 Å². The van der Waals surface area contributed by atoms with Gasteiger partial charge in [0.25, 0.3) is 0 Å². The molecule has 0 radical (unpaired) electrons. The Morgan fingerprint density at radius 1 is 1.46 bits per heavy atom. The van der Waals surface area contributed by atoms with Crippen LogP contribution in [0.2, 0.25) is 5.02 Å². The maximum absolute atomic E-state index is 12.9. The summed E-state index contributed by atoms with van der Waals surface area (Å²) >= 11 is 11.2. The van der Waals surface area contributed by atoms with Gasteiger partial charge in [0.05, 0.1) is 5.02 Å². The number of hydrogen-bond donors (Lipinski definition) is 0. The van der Waals surface area contributed by atoms with Gasteiger partial charge in [0, 0.05) is 5.38 Å². The first kappa shape index (κ1) is 10.6. The minimum absolute atomic E-state index is 0.0567. The van der Waals surface area contributed by atoms with Crippen LogP contribution in [0, 0.1) is 5.82 Å². The van der Waals surface area contributed by atoms with Gasteiger partial charge >= 0.3 is 0 Å². The van der Waals surface area contributed by atoms with Gasteiger partial charge in [-0.05, 0) is 24.6 Å². The number of allylic oxidation sites excluding steroid dienone is 1. The SMILES string of the molecule is CC(Cl)/C=C/c1ccc(Cl)c(F)c1. The Labute approximate surface area is 87.0 Å². The van der Waals surface area contributed by atoms with Gasteiger partial charge in [-0.3, -0.25) is 0 Å². The highest BCUT2D eigenvalue weighted by molar-refractivity contribution is 6.30. The number of hydrogen-bond acceptors (Lipinski definition) is 0. The fourth-order valence-electron chi connectivity index (χ4n) is 0.860. The van der Waals surface area contributed by atoms with E-state index >= 15 is 0 Å². The van der Waals surface area contributed by atoms with Crippen LogP contribution in [0.5, 0.6) is 0 Å². The summed E-state index contributed by atoms with van der Waals surface area (Å²) in [5.41, 5.74) is 0.759. The molecule has 0 nitrogen and oxygen atoms in total. The third-order valence-corrected chi connectivity index (χ3v) is 1.95. The van der Waals surface area contributed by atoms with Gasteiger partial charge in [0.15, 0.2) is 0 Å². The van der Waals surface area contributed by atoms with Gasteiger partial charge in [-0.15, -0.1) is 11.6 Å². The molecule has 3 heteroatoms. The second kappa shape index (κ2) is 4.64. The van der Waals surface area contributed by atoms with Crippen molar-refractivity contribution in [2.24, 2.45) is 0 Å². The summed E-state index contributed by atoms with van der Waals surface area (Å²) in [6.45, 7) is 1.84. The monoisotopic (exact) mass is 218 g/mol. The Morgan fingerprint density at radius 3 is 2.69 bits per heavy atom. The van der Waals surface area contributed by atoms with E-state index in [1.165, 1.54) is 12.1 Å². The summed E-state index contributed by atoms with van der Waals surface area (Å²) in [6.07, 6.45) is 3.54. The Hall–Kier alpha value is -0.530. The molecule has 0 fully saturated rings. The van der Waals surface area contributed by atoms with E-state index in [1.54, 1.807) is 18.2 Å². The molecule has 0 N–H and O–H groups in total. The fraction of sp³-hybridized carbons (Fsp3) is 0.200. The van der Waals surface area contributed by atoms with Crippen molar-refractivity contribution >= 4 is 29.3 Å². The third kappa shape index (κ3) is 3.37. The van der Waals surface area contributed by atoms with Crippen LogP contribution < -0.4 is 0 Å². The van der Waals surface area contributed by atoms with Crippen LogP contribution in [0.4, 0.5) is 4.39 Å². The van der Waals surface area contributed by atoms with Crippen molar-refractivity contribution in [2.45, 2.75) is 12.3 Å². The zero-order chi connectivity index (χ0) is 9.84. The molecule has 1 rings (SSSR count). The topological polar surface area (TPSA) is 0 Å². The number of rotatable bonds is 2. The molecular weight excluding hydrogens is 210 g/mol. The molecule has 0 bridgehead atoms. The van der Waals surface area contributed by atoms with Crippen molar-refractivity contribution in [3.63, 3.8) is 0 Å². The molecule has 0 aliphatic rings. The lowest BCUT2D eigenvalue weighted by molar-refractivity contribution is 0.628. The smallest absolute Gasteiger partial charge is 0.142 e. The van der Waals surface area contributed by atoms with Crippen molar-refractivity contribution in [1.29, 1.82) is 0 Å². The predicted octanol–water partition coefficient (Wildman–Crippen LogP) is 4.12. The van der Waals surface area contributed by atoms with E-state index in [0.717, 1.165) is 5.56 Å². The molecule has 0 amide bonds. The van der Waals surface area contributed by atoms with Crippen LogP contribution in [-0.4, -0.2) is 5.38 Å². The van der Waals surface area contributed by atoms with Crippen molar-refractivity contribution in [3.8, 4) is 0 Å². The van der Waals surface area contributed by atoms with Gasteiger partial charge in [-0.25, -0.2) is 4.39 Å². The summed E-state index contributed by atoms with van der Waals surface area (Å²) in [5.74, 6) is -0.411. The normalized spacial score (nSPS) is 13.5. The third-order valence-electron chi connectivity index (χ3n) is 1.50. The summed E-state index contributed by atoms with van der Waals surface area (Å²) in [6, 6.07) is 4.63. The standard InChI is InChI=1S/C10H9Cl2F/c1-7(11)2-3-8-4-5-9(12)10(13)6-8/h2-7H,1H3/b3-2+. The maximum Gasteiger partial charge on any atom is 0.142 e. The first-order chi connectivity index (χ1) is 6.09. The van der Waals surface area contributed by atoms with E-state index in [4.69, 9.17) is 23.2 Å². The molecule has 1 unspecified atom stereocenters. The largest absolute Gasteiger partial charge is 0.205 e. The van der Waals surface area contributed by atoms with Crippen molar-refractivity contribution in [1.82, 2.24) is 0 Å². The highest BCUT2D eigenvalue weighted by Crippen LogP contribution is 2.16. The van der Waals surface area contributed by atoms with E-state index in [0.29, 0.717) is 0 Å². The molecule has 0 saturated carbocycles. The average molecular weight is 219 g/mol. The summed E-state index contributed by atoms with van der Waals surface area (Å²) in [7, 11) is 0. The minimum Gasteiger partial charge on any atom is -0.205 e. The molecule has 70 valence electrons. The molecule has 0 saturated heterocycles. The molecule has 1 aromatic rings. The van der Waals surface area contributed by atoms with E-state index in [1.807, 2.05) is 6.92 Å². The first-order valence-electron chi connectivity index (χ1n) is 3.87. The first-order valence-corrected chi connectivity index (χ1v) is 4.68.